The van der Waals surface area contributed by atoms with E-state index >= 15 is 0 Å². The molecular formula is C18H12Cl2N2O4. The predicted molar refractivity (Wildman–Crippen MR) is 96.4 cm³/mol. The third-order valence-electron chi connectivity index (χ3n) is 3.21. The average Bonchev–Trinajstić information content (AvgIpc) is 2.60. The summed E-state index contributed by atoms with van der Waals surface area (Å²) in [7, 11) is 0. The zero-order valence-corrected chi connectivity index (χ0v) is 14.8. The van der Waals surface area contributed by atoms with Crippen molar-refractivity contribution in [2.24, 2.45) is 0 Å². The van der Waals surface area contributed by atoms with Gasteiger partial charge in [-0.2, -0.15) is 5.26 Å². The summed E-state index contributed by atoms with van der Waals surface area (Å²) < 4.78 is 4.98. The van der Waals surface area contributed by atoms with E-state index in [4.69, 9.17) is 33.2 Å². The Labute approximate surface area is 159 Å². The molecule has 1 N–H and O–H groups in total. The van der Waals surface area contributed by atoms with E-state index in [0.29, 0.717) is 10.7 Å². The van der Waals surface area contributed by atoms with Crippen LogP contribution in [0.2, 0.25) is 10.0 Å². The van der Waals surface area contributed by atoms with E-state index in [1.165, 1.54) is 42.5 Å². The number of anilines is 1. The first-order valence-electron chi connectivity index (χ1n) is 7.33. The number of benzene rings is 2. The summed E-state index contributed by atoms with van der Waals surface area (Å²) in [6.07, 6.45) is -0.265. The van der Waals surface area contributed by atoms with Crippen LogP contribution in [0.25, 0.3) is 0 Å². The first-order chi connectivity index (χ1) is 12.4. The maximum atomic E-state index is 12.1. The zero-order valence-electron chi connectivity index (χ0n) is 13.3. The summed E-state index contributed by atoms with van der Waals surface area (Å²) in [5.41, 5.74) is 0.850. The van der Waals surface area contributed by atoms with Crippen LogP contribution in [-0.2, 0) is 9.53 Å². The monoisotopic (exact) mass is 390 g/mol. The molecule has 0 radical (unpaired) electrons. The molecule has 2 aromatic carbocycles. The molecule has 0 unspecified atom stereocenters. The molecule has 0 fully saturated rings. The highest BCUT2D eigenvalue weighted by molar-refractivity contribution is 6.36. The number of ether oxygens (including phenoxy) is 1. The van der Waals surface area contributed by atoms with Gasteiger partial charge < -0.3 is 10.1 Å². The van der Waals surface area contributed by atoms with Crippen LogP contribution in [0.4, 0.5) is 5.69 Å². The first kappa shape index (κ1) is 19.4. The number of Topliss-reactive ketones (excluding diaryl/α,β-unsaturated/α-hetero) is 1. The summed E-state index contributed by atoms with van der Waals surface area (Å²) in [5, 5.41) is 11.5. The van der Waals surface area contributed by atoms with Gasteiger partial charge in [-0.3, -0.25) is 9.59 Å². The number of rotatable bonds is 6. The van der Waals surface area contributed by atoms with Gasteiger partial charge in [0.1, 0.15) is 6.42 Å². The van der Waals surface area contributed by atoms with Crippen LogP contribution in [0.3, 0.4) is 0 Å². The zero-order chi connectivity index (χ0) is 19.1. The molecule has 1 amide bonds. The maximum absolute atomic E-state index is 12.1. The third-order valence-corrected chi connectivity index (χ3v) is 3.76. The Morgan fingerprint density at radius 3 is 2.38 bits per heavy atom. The largest absolute Gasteiger partial charge is 0.454 e. The lowest BCUT2D eigenvalue weighted by atomic mass is 10.1. The number of ketones is 1. The molecule has 0 heterocycles. The molecule has 0 spiro atoms. The molecule has 26 heavy (non-hydrogen) atoms. The number of hydrogen-bond acceptors (Lipinski definition) is 5. The number of esters is 1. The number of carbonyl (C=O) groups is 3. The van der Waals surface area contributed by atoms with Crippen molar-refractivity contribution in [1.82, 2.24) is 0 Å². The molecule has 132 valence electrons. The molecule has 0 aromatic heterocycles. The van der Waals surface area contributed by atoms with Gasteiger partial charge >= 0.3 is 5.97 Å². The Bertz CT molecular complexity index is 889. The molecule has 0 aliphatic heterocycles. The van der Waals surface area contributed by atoms with E-state index in [0.717, 1.165) is 0 Å². The van der Waals surface area contributed by atoms with E-state index in [-0.39, 0.29) is 22.6 Å². The van der Waals surface area contributed by atoms with Crippen molar-refractivity contribution in [1.29, 1.82) is 5.26 Å². The van der Waals surface area contributed by atoms with Gasteiger partial charge in [-0.05, 0) is 42.5 Å². The molecule has 0 bridgehead atoms. The normalized spacial score (nSPS) is 9.88. The fourth-order valence-electron chi connectivity index (χ4n) is 1.97. The van der Waals surface area contributed by atoms with Crippen molar-refractivity contribution in [2.45, 2.75) is 6.42 Å². The van der Waals surface area contributed by atoms with Gasteiger partial charge in [-0.1, -0.05) is 23.2 Å². The van der Waals surface area contributed by atoms with Crippen LogP contribution in [0.1, 0.15) is 27.1 Å². The smallest absolute Gasteiger partial charge is 0.338 e. The number of halogens is 2. The van der Waals surface area contributed by atoms with E-state index in [2.05, 4.69) is 5.32 Å². The van der Waals surface area contributed by atoms with Crippen LogP contribution < -0.4 is 5.32 Å². The number of nitriles is 1. The van der Waals surface area contributed by atoms with Crippen molar-refractivity contribution >= 4 is 46.5 Å². The topological polar surface area (TPSA) is 96.3 Å². The SMILES string of the molecule is N#CCC(=O)Nc1ccc(C(=O)OCC(=O)c2ccc(Cl)cc2Cl)cc1. The van der Waals surface area contributed by atoms with Gasteiger partial charge in [0.05, 0.1) is 16.7 Å². The second-order valence-corrected chi connectivity index (χ2v) is 5.93. The molecule has 0 aliphatic rings. The van der Waals surface area contributed by atoms with E-state index in [1.807, 2.05) is 0 Å². The van der Waals surface area contributed by atoms with Gasteiger partial charge in [0, 0.05) is 16.3 Å². The van der Waals surface area contributed by atoms with Gasteiger partial charge in [0.15, 0.2) is 6.61 Å². The van der Waals surface area contributed by atoms with Gasteiger partial charge in [0.2, 0.25) is 11.7 Å². The Balaban J connectivity index is 1.94. The molecule has 8 heteroatoms. The third kappa shape index (κ3) is 5.31. The average molecular weight is 391 g/mol. The second kappa shape index (κ2) is 8.99. The second-order valence-electron chi connectivity index (χ2n) is 5.08. The lowest BCUT2D eigenvalue weighted by Crippen LogP contribution is -2.15. The fourth-order valence-corrected chi connectivity index (χ4v) is 2.49. The van der Waals surface area contributed by atoms with Crippen molar-refractivity contribution in [2.75, 3.05) is 11.9 Å². The van der Waals surface area contributed by atoms with E-state index in [9.17, 15) is 14.4 Å². The van der Waals surface area contributed by atoms with Crippen molar-refractivity contribution < 1.29 is 19.1 Å². The van der Waals surface area contributed by atoms with Crippen LogP contribution in [-0.4, -0.2) is 24.3 Å². The Kier molecular flexibility index (Phi) is 6.73. The molecule has 0 saturated heterocycles. The van der Waals surface area contributed by atoms with Crippen molar-refractivity contribution in [3.63, 3.8) is 0 Å². The lowest BCUT2D eigenvalue weighted by Gasteiger charge is -2.07. The number of hydrogen-bond donors (Lipinski definition) is 1. The molecule has 0 atom stereocenters. The quantitative estimate of drug-likeness (QED) is 0.596. The Hall–Kier alpha value is -2.88. The van der Waals surface area contributed by atoms with E-state index < -0.39 is 24.3 Å². The summed E-state index contributed by atoms with van der Waals surface area (Å²) >= 11 is 11.7. The highest BCUT2D eigenvalue weighted by Gasteiger charge is 2.15. The van der Waals surface area contributed by atoms with E-state index in [1.54, 1.807) is 6.07 Å². The minimum atomic E-state index is -0.696. The standard InChI is InChI=1S/C18H12Cl2N2O4/c19-12-3-6-14(15(20)9-12)16(23)10-26-18(25)11-1-4-13(5-2-11)22-17(24)7-8-21/h1-6,9H,7,10H2,(H,22,24). The minimum Gasteiger partial charge on any atom is -0.454 e. The molecular weight excluding hydrogens is 379 g/mol. The summed E-state index contributed by atoms with van der Waals surface area (Å²) in [6.45, 7) is -0.471. The first-order valence-corrected chi connectivity index (χ1v) is 8.08. The molecule has 6 nitrogen and oxygen atoms in total. The number of nitrogens with one attached hydrogen (secondary N) is 1. The van der Waals surface area contributed by atoms with Crippen LogP contribution >= 0.6 is 23.2 Å². The molecule has 0 saturated carbocycles. The van der Waals surface area contributed by atoms with Crippen molar-refractivity contribution in [3.8, 4) is 6.07 Å². The number of carbonyl (C=O) groups excluding carboxylic acids is 3. The summed E-state index contributed by atoms with van der Waals surface area (Å²) in [5.74, 6) is -1.60. The fraction of sp³-hybridized carbons (Fsp3) is 0.111. The van der Waals surface area contributed by atoms with Gasteiger partial charge in [0.25, 0.3) is 0 Å². The highest BCUT2D eigenvalue weighted by Crippen LogP contribution is 2.21. The highest BCUT2D eigenvalue weighted by atomic mass is 35.5. The summed E-state index contributed by atoms with van der Waals surface area (Å²) in [6, 6.07) is 12.0. The van der Waals surface area contributed by atoms with Crippen LogP contribution in [0, 0.1) is 11.3 Å². The van der Waals surface area contributed by atoms with Crippen LogP contribution in [0.5, 0.6) is 0 Å². The van der Waals surface area contributed by atoms with Crippen LogP contribution in [0.15, 0.2) is 42.5 Å². The van der Waals surface area contributed by atoms with Crippen molar-refractivity contribution in [3.05, 3.63) is 63.6 Å². The Morgan fingerprint density at radius 2 is 1.77 bits per heavy atom. The minimum absolute atomic E-state index is 0.177. The number of amides is 1. The molecule has 0 aliphatic carbocycles. The number of nitrogens with zero attached hydrogens (tertiary/aromatic N) is 1. The Morgan fingerprint density at radius 1 is 1.08 bits per heavy atom. The molecule has 2 rings (SSSR count). The van der Waals surface area contributed by atoms with Gasteiger partial charge in [-0.15, -0.1) is 0 Å². The lowest BCUT2D eigenvalue weighted by molar-refractivity contribution is -0.115. The predicted octanol–water partition coefficient (Wildman–Crippen LogP) is 3.89. The van der Waals surface area contributed by atoms with Gasteiger partial charge in [-0.25, -0.2) is 4.79 Å². The summed E-state index contributed by atoms with van der Waals surface area (Å²) in [4.78, 5) is 35.4. The molecule has 2 aromatic rings. The maximum Gasteiger partial charge on any atom is 0.338 e.